The van der Waals surface area contributed by atoms with Crippen LogP contribution in [0.3, 0.4) is 0 Å². The van der Waals surface area contributed by atoms with Crippen LogP contribution in [0.2, 0.25) is 0 Å². The number of carbonyl (C=O) groups excluding carboxylic acids is 1. The molecule has 1 fully saturated rings. The molecule has 0 aliphatic carbocycles. The molecule has 1 aliphatic rings. The van der Waals surface area contributed by atoms with Crippen LogP contribution in [-0.2, 0) is 23.6 Å². The van der Waals surface area contributed by atoms with E-state index < -0.39 is 17.1 Å². The molecule has 0 unspecified atom stereocenters. The third-order valence-electron chi connectivity index (χ3n) is 4.97. The van der Waals surface area contributed by atoms with Gasteiger partial charge in [0, 0.05) is 27.2 Å². The Morgan fingerprint density at radius 2 is 2.10 bits per heavy atom. The lowest BCUT2D eigenvalue weighted by atomic mass is 10.2. The van der Waals surface area contributed by atoms with Gasteiger partial charge in [0.15, 0.2) is 0 Å². The van der Waals surface area contributed by atoms with E-state index in [4.69, 9.17) is 4.74 Å². The first-order valence-electron chi connectivity index (χ1n) is 9.93. The molecule has 31 heavy (non-hydrogen) atoms. The molecule has 1 aliphatic heterocycles. The molecule has 0 saturated carbocycles. The fourth-order valence-corrected chi connectivity index (χ4v) is 4.08. The second-order valence-corrected chi connectivity index (χ2v) is 8.35. The highest BCUT2D eigenvalue weighted by molar-refractivity contribution is 8.15. The largest absolute Gasteiger partial charge is 0.494 e. The Labute approximate surface area is 183 Å². The summed E-state index contributed by atoms with van der Waals surface area (Å²) in [6.07, 6.45) is 1.92. The summed E-state index contributed by atoms with van der Waals surface area (Å²) in [6, 6.07) is 7.31. The Bertz CT molecular complexity index is 1120. The number of hydrogen-bond acceptors (Lipinski definition) is 7. The van der Waals surface area contributed by atoms with Gasteiger partial charge < -0.3 is 15.2 Å². The van der Waals surface area contributed by atoms with E-state index in [1.54, 1.807) is 6.07 Å². The SMILES string of the molecule is Cc1cccc(N=C(SCC(=O)NC[C@H]2CCCO2)c2c(O)n(C)c(=O)n(C)c2=O)c1. The van der Waals surface area contributed by atoms with Gasteiger partial charge in [-0.25, -0.2) is 9.79 Å². The Hall–Kier alpha value is -2.85. The van der Waals surface area contributed by atoms with Crippen molar-refractivity contribution < 1.29 is 14.6 Å². The van der Waals surface area contributed by atoms with Crippen molar-refractivity contribution in [1.29, 1.82) is 0 Å². The van der Waals surface area contributed by atoms with Crippen LogP contribution in [0.1, 0.15) is 24.0 Å². The van der Waals surface area contributed by atoms with Crippen molar-refractivity contribution in [3.05, 3.63) is 56.2 Å². The van der Waals surface area contributed by atoms with E-state index in [9.17, 15) is 19.5 Å². The number of benzene rings is 1. The van der Waals surface area contributed by atoms with Crippen LogP contribution in [0.5, 0.6) is 5.88 Å². The fraction of sp³-hybridized carbons (Fsp3) is 0.429. The summed E-state index contributed by atoms with van der Waals surface area (Å²) in [5.41, 5.74) is 0.0813. The van der Waals surface area contributed by atoms with Crippen LogP contribution < -0.4 is 16.6 Å². The van der Waals surface area contributed by atoms with Gasteiger partial charge >= 0.3 is 5.69 Å². The van der Waals surface area contributed by atoms with E-state index in [0.717, 1.165) is 39.3 Å². The summed E-state index contributed by atoms with van der Waals surface area (Å²) in [5, 5.41) is 13.5. The van der Waals surface area contributed by atoms with Crippen molar-refractivity contribution in [2.75, 3.05) is 18.9 Å². The molecule has 0 bridgehead atoms. The molecule has 0 radical (unpaired) electrons. The minimum atomic E-state index is -0.681. The number of aromatic hydroxyl groups is 1. The minimum Gasteiger partial charge on any atom is -0.494 e. The number of aryl methyl sites for hydroxylation is 1. The van der Waals surface area contributed by atoms with Gasteiger partial charge in [-0.1, -0.05) is 23.9 Å². The maximum Gasteiger partial charge on any atom is 0.333 e. The number of amides is 1. The summed E-state index contributed by atoms with van der Waals surface area (Å²) in [4.78, 5) is 41.8. The van der Waals surface area contributed by atoms with E-state index in [0.29, 0.717) is 18.8 Å². The Kier molecular flexibility index (Phi) is 7.34. The average Bonchev–Trinajstić information content (AvgIpc) is 3.27. The van der Waals surface area contributed by atoms with Crippen molar-refractivity contribution in [3.8, 4) is 5.88 Å². The first-order valence-corrected chi connectivity index (χ1v) is 10.9. The first-order chi connectivity index (χ1) is 14.8. The molecule has 1 amide bonds. The lowest BCUT2D eigenvalue weighted by Crippen LogP contribution is -2.40. The summed E-state index contributed by atoms with van der Waals surface area (Å²) in [7, 11) is 2.70. The molecular formula is C21H26N4O5S. The maximum atomic E-state index is 12.8. The summed E-state index contributed by atoms with van der Waals surface area (Å²) >= 11 is 1.03. The number of hydrogen-bond donors (Lipinski definition) is 2. The monoisotopic (exact) mass is 446 g/mol. The van der Waals surface area contributed by atoms with Crippen molar-refractivity contribution in [2.24, 2.45) is 19.1 Å². The van der Waals surface area contributed by atoms with Gasteiger partial charge in [0.2, 0.25) is 11.8 Å². The van der Waals surface area contributed by atoms with Gasteiger partial charge in [-0.05, 0) is 37.5 Å². The van der Waals surface area contributed by atoms with E-state index in [-0.39, 0.29) is 28.4 Å². The Morgan fingerprint density at radius 3 is 2.77 bits per heavy atom. The standard InChI is InChI=1S/C21H26N4O5S/c1-13-6-4-7-14(10-13)23-18(17-19(27)24(2)21(29)25(3)20(17)28)31-12-16(26)22-11-15-8-5-9-30-15/h4,6-7,10,15,27H,5,8-9,11-12H2,1-3H3,(H,22,26)/t15-/m1/s1. The number of rotatable bonds is 6. The third kappa shape index (κ3) is 5.45. The van der Waals surface area contributed by atoms with Crippen LogP contribution >= 0.6 is 11.8 Å². The van der Waals surface area contributed by atoms with Gasteiger partial charge in [0.1, 0.15) is 10.6 Å². The molecule has 1 aromatic heterocycles. The quantitative estimate of drug-likeness (QED) is 0.509. The van der Waals surface area contributed by atoms with Gasteiger partial charge in [0.05, 0.1) is 17.5 Å². The van der Waals surface area contributed by atoms with Gasteiger partial charge in [-0.2, -0.15) is 0 Å². The molecule has 9 nitrogen and oxygen atoms in total. The molecule has 166 valence electrons. The highest BCUT2D eigenvalue weighted by atomic mass is 32.2. The van der Waals surface area contributed by atoms with Crippen molar-refractivity contribution in [1.82, 2.24) is 14.5 Å². The first kappa shape index (κ1) is 22.8. The topological polar surface area (TPSA) is 115 Å². The number of thioether (sulfide) groups is 1. The second kappa shape index (κ2) is 9.97. The Balaban J connectivity index is 1.90. The normalized spacial score (nSPS) is 16.5. The van der Waals surface area contributed by atoms with E-state index >= 15 is 0 Å². The lowest BCUT2D eigenvalue weighted by Gasteiger charge is -2.13. The van der Waals surface area contributed by atoms with Crippen LogP contribution in [0, 0.1) is 6.92 Å². The summed E-state index contributed by atoms with van der Waals surface area (Å²) in [6.45, 7) is 3.04. The van der Waals surface area contributed by atoms with Crippen LogP contribution in [0.15, 0.2) is 38.8 Å². The molecule has 2 aromatic rings. The number of aromatic nitrogens is 2. The predicted molar refractivity (Wildman–Crippen MR) is 120 cm³/mol. The van der Waals surface area contributed by atoms with Crippen molar-refractivity contribution in [2.45, 2.75) is 25.9 Å². The molecule has 2 heterocycles. The predicted octanol–water partition coefficient (Wildman–Crippen LogP) is 1.20. The molecule has 0 spiro atoms. The zero-order valence-electron chi connectivity index (χ0n) is 17.8. The van der Waals surface area contributed by atoms with Crippen LogP contribution in [-0.4, -0.2) is 50.2 Å². The highest BCUT2D eigenvalue weighted by Gasteiger charge is 2.22. The molecule has 10 heteroatoms. The van der Waals surface area contributed by atoms with E-state index in [2.05, 4.69) is 10.3 Å². The molecule has 1 atom stereocenters. The molecule has 1 aromatic carbocycles. The molecule has 3 rings (SSSR count). The number of ether oxygens (including phenoxy) is 1. The zero-order valence-corrected chi connectivity index (χ0v) is 18.6. The van der Waals surface area contributed by atoms with E-state index in [1.807, 2.05) is 25.1 Å². The third-order valence-corrected chi connectivity index (χ3v) is 5.95. The second-order valence-electron chi connectivity index (χ2n) is 7.39. The molecule has 2 N–H and O–H groups in total. The lowest BCUT2D eigenvalue weighted by molar-refractivity contribution is -0.119. The van der Waals surface area contributed by atoms with E-state index in [1.165, 1.54) is 14.1 Å². The highest BCUT2D eigenvalue weighted by Crippen LogP contribution is 2.23. The van der Waals surface area contributed by atoms with Crippen LogP contribution in [0.4, 0.5) is 5.69 Å². The van der Waals surface area contributed by atoms with Crippen LogP contribution in [0.25, 0.3) is 0 Å². The number of aliphatic imine (C=N–C) groups is 1. The number of nitrogens with one attached hydrogen (secondary N) is 1. The number of carbonyl (C=O) groups is 1. The van der Waals surface area contributed by atoms with Crippen molar-refractivity contribution in [3.63, 3.8) is 0 Å². The maximum absolute atomic E-state index is 12.8. The summed E-state index contributed by atoms with van der Waals surface area (Å²) < 4.78 is 7.38. The fourth-order valence-electron chi connectivity index (χ4n) is 3.21. The molecule has 1 saturated heterocycles. The number of nitrogens with zero attached hydrogens (tertiary/aromatic N) is 3. The summed E-state index contributed by atoms with van der Waals surface area (Å²) in [5.74, 6) is -0.742. The van der Waals surface area contributed by atoms with Gasteiger partial charge in [0.25, 0.3) is 5.56 Å². The van der Waals surface area contributed by atoms with Gasteiger partial charge in [-0.15, -0.1) is 0 Å². The Morgan fingerprint density at radius 1 is 1.32 bits per heavy atom. The van der Waals surface area contributed by atoms with Crippen molar-refractivity contribution >= 4 is 28.4 Å². The zero-order chi connectivity index (χ0) is 22.5. The molecular weight excluding hydrogens is 420 g/mol. The minimum absolute atomic E-state index is 0.0111. The van der Waals surface area contributed by atoms with Gasteiger partial charge in [-0.3, -0.25) is 18.7 Å². The average molecular weight is 447 g/mol. The smallest absolute Gasteiger partial charge is 0.333 e.